The molecule has 2 saturated carbocycles. The van der Waals surface area contributed by atoms with Crippen molar-refractivity contribution in [3.05, 3.63) is 48.0 Å². The normalized spacial score (nSPS) is 40.9. The van der Waals surface area contributed by atoms with Crippen LogP contribution in [0.15, 0.2) is 42.5 Å². The highest BCUT2D eigenvalue weighted by Gasteiger charge is 2.76. The van der Waals surface area contributed by atoms with E-state index in [-0.39, 0.29) is 23.2 Å². The van der Waals surface area contributed by atoms with Gasteiger partial charge in [0.05, 0.1) is 25.9 Å². The summed E-state index contributed by atoms with van der Waals surface area (Å²) in [5, 5.41) is 12.5. The zero-order valence-corrected chi connectivity index (χ0v) is 19.4. The number of esters is 1. The van der Waals surface area contributed by atoms with Crippen molar-refractivity contribution >= 4 is 5.97 Å². The number of ether oxygens (including phenoxy) is 4. The Labute approximate surface area is 189 Å². The van der Waals surface area contributed by atoms with Gasteiger partial charge in [-0.1, -0.05) is 57.2 Å². The summed E-state index contributed by atoms with van der Waals surface area (Å²) in [7, 11) is 0. The van der Waals surface area contributed by atoms with Crippen molar-refractivity contribution in [1.82, 2.24) is 0 Å². The van der Waals surface area contributed by atoms with Gasteiger partial charge in [0.2, 0.25) is 0 Å². The second-order valence-electron chi connectivity index (χ2n) is 10.9. The largest absolute Gasteiger partial charge is 0.461 e. The number of hydrogen-bond acceptors (Lipinski definition) is 6. The minimum Gasteiger partial charge on any atom is -0.461 e. The van der Waals surface area contributed by atoms with E-state index < -0.39 is 29.0 Å². The van der Waals surface area contributed by atoms with Gasteiger partial charge in [0.15, 0.2) is 5.79 Å². The van der Waals surface area contributed by atoms with Crippen molar-refractivity contribution in [3.63, 3.8) is 0 Å². The number of fused-ring (bicyclic) bond motifs is 3. The number of benzene rings is 1. The van der Waals surface area contributed by atoms with Crippen molar-refractivity contribution in [2.45, 2.75) is 70.7 Å². The van der Waals surface area contributed by atoms with Gasteiger partial charge < -0.3 is 24.1 Å². The van der Waals surface area contributed by atoms with Gasteiger partial charge in [-0.05, 0) is 23.5 Å². The maximum absolute atomic E-state index is 12.5. The maximum Gasteiger partial charge on any atom is 0.302 e. The molecule has 32 heavy (non-hydrogen) atoms. The lowest BCUT2D eigenvalue weighted by Crippen LogP contribution is -2.55. The molecule has 1 spiro atoms. The first-order chi connectivity index (χ1) is 15.1. The van der Waals surface area contributed by atoms with E-state index in [0.717, 1.165) is 5.56 Å². The van der Waals surface area contributed by atoms with Crippen LogP contribution in [0.25, 0.3) is 0 Å². The van der Waals surface area contributed by atoms with Gasteiger partial charge in [0.1, 0.15) is 11.7 Å². The molecule has 0 aromatic heterocycles. The third-order valence-corrected chi connectivity index (χ3v) is 8.27. The second-order valence-corrected chi connectivity index (χ2v) is 10.9. The Balaban J connectivity index is 1.55. The van der Waals surface area contributed by atoms with E-state index in [1.165, 1.54) is 6.92 Å². The third-order valence-electron chi connectivity index (χ3n) is 8.27. The van der Waals surface area contributed by atoms with Crippen LogP contribution in [0, 0.1) is 22.7 Å². The van der Waals surface area contributed by atoms with Crippen LogP contribution in [0.3, 0.4) is 0 Å². The topological polar surface area (TPSA) is 74.2 Å². The van der Waals surface area contributed by atoms with Gasteiger partial charge in [0, 0.05) is 30.6 Å². The van der Waals surface area contributed by atoms with E-state index in [1.807, 2.05) is 36.4 Å². The Kier molecular flexibility index (Phi) is 5.10. The smallest absolute Gasteiger partial charge is 0.302 e. The lowest BCUT2D eigenvalue weighted by atomic mass is 9.64. The third kappa shape index (κ3) is 3.18. The Morgan fingerprint density at radius 3 is 2.44 bits per heavy atom. The van der Waals surface area contributed by atoms with Gasteiger partial charge in [-0.2, -0.15) is 0 Å². The van der Waals surface area contributed by atoms with Crippen LogP contribution in [0.1, 0.15) is 46.1 Å². The summed E-state index contributed by atoms with van der Waals surface area (Å²) in [5.74, 6) is -1.63. The molecule has 6 atom stereocenters. The molecule has 3 fully saturated rings. The van der Waals surface area contributed by atoms with Gasteiger partial charge in [-0.3, -0.25) is 4.79 Å². The Hall–Kier alpha value is -1.73. The lowest BCUT2D eigenvalue weighted by Gasteiger charge is -2.48. The molecule has 1 aliphatic heterocycles. The highest BCUT2D eigenvalue weighted by atomic mass is 16.7. The summed E-state index contributed by atoms with van der Waals surface area (Å²) in [6.45, 7) is 9.28. The molecular weight excluding hydrogens is 408 g/mol. The van der Waals surface area contributed by atoms with Crippen molar-refractivity contribution in [2.75, 3.05) is 13.2 Å². The minimum atomic E-state index is -1.18. The van der Waals surface area contributed by atoms with Crippen LogP contribution in [-0.4, -0.2) is 47.9 Å². The summed E-state index contributed by atoms with van der Waals surface area (Å²) in [6, 6.07) is 10.0. The Morgan fingerprint density at radius 1 is 1.09 bits per heavy atom. The lowest BCUT2D eigenvalue weighted by molar-refractivity contribution is -0.199. The fourth-order valence-electron chi connectivity index (χ4n) is 7.02. The molecule has 0 radical (unpaired) electrons. The van der Waals surface area contributed by atoms with Gasteiger partial charge in [-0.15, -0.1) is 0 Å². The maximum atomic E-state index is 12.5. The van der Waals surface area contributed by atoms with Crippen LogP contribution in [-0.2, 0) is 30.3 Å². The summed E-state index contributed by atoms with van der Waals surface area (Å²) in [6.07, 6.45) is 4.37. The molecule has 1 heterocycles. The monoisotopic (exact) mass is 442 g/mol. The average Bonchev–Trinajstić information content (AvgIpc) is 3.33. The molecule has 1 aromatic rings. The van der Waals surface area contributed by atoms with Gasteiger partial charge in [-0.25, -0.2) is 0 Å². The van der Waals surface area contributed by atoms with Crippen LogP contribution >= 0.6 is 0 Å². The molecule has 1 N–H and O–H groups in total. The van der Waals surface area contributed by atoms with Gasteiger partial charge >= 0.3 is 5.97 Å². The number of rotatable bonds is 4. The highest BCUT2D eigenvalue weighted by Crippen LogP contribution is 2.68. The molecule has 1 aromatic carbocycles. The first-order valence-electron chi connectivity index (χ1n) is 11.6. The second kappa shape index (κ2) is 7.39. The van der Waals surface area contributed by atoms with E-state index >= 15 is 0 Å². The molecule has 0 unspecified atom stereocenters. The van der Waals surface area contributed by atoms with E-state index in [2.05, 4.69) is 26.8 Å². The molecule has 4 aliphatic rings. The zero-order chi connectivity index (χ0) is 22.8. The van der Waals surface area contributed by atoms with Crippen molar-refractivity contribution < 1.29 is 28.8 Å². The standard InChI is InChI=1S/C26H34O6/c1-17(27)32-21-19-14-23(2,3)22(29-16-18-8-6-5-7-9-18)26(19,28)20-15-25(30-12-13-31-25)11-10-24(20,21)4/h5-11,19-22,28H,12-16H2,1-4H3/t19-,20+,21+,22+,24-,26+/m1/s1. The predicted octanol–water partition coefficient (Wildman–Crippen LogP) is 3.62. The number of carbonyl (C=O) groups excluding carboxylic acids is 1. The van der Waals surface area contributed by atoms with Crippen molar-refractivity contribution in [3.8, 4) is 0 Å². The summed E-state index contributed by atoms with van der Waals surface area (Å²) < 4.78 is 24.4. The fraction of sp³-hybridized carbons (Fsp3) is 0.654. The van der Waals surface area contributed by atoms with Crippen molar-refractivity contribution in [2.24, 2.45) is 22.7 Å². The first kappa shape index (κ1) is 22.1. The Morgan fingerprint density at radius 2 is 1.78 bits per heavy atom. The van der Waals surface area contributed by atoms with E-state index in [9.17, 15) is 9.90 Å². The first-order valence-corrected chi connectivity index (χ1v) is 11.6. The van der Waals surface area contributed by atoms with Crippen LogP contribution in [0.5, 0.6) is 0 Å². The highest BCUT2D eigenvalue weighted by molar-refractivity contribution is 5.66. The number of aliphatic hydroxyl groups is 1. The van der Waals surface area contributed by atoms with Crippen LogP contribution in [0.2, 0.25) is 0 Å². The minimum absolute atomic E-state index is 0.238. The van der Waals surface area contributed by atoms with Crippen LogP contribution < -0.4 is 0 Å². The van der Waals surface area contributed by atoms with E-state index in [0.29, 0.717) is 32.7 Å². The molecule has 0 bridgehead atoms. The summed E-state index contributed by atoms with van der Waals surface area (Å²) in [4.78, 5) is 12.1. The molecule has 3 aliphatic carbocycles. The van der Waals surface area contributed by atoms with Crippen molar-refractivity contribution in [1.29, 1.82) is 0 Å². The molecule has 1 saturated heterocycles. The quantitative estimate of drug-likeness (QED) is 0.567. The molecular formula is C26H34O6. The zero-order valence-electron chi connectivity index (χ0n) is 19.4. The number of carbonyl (C=O) groups is 1. The predicted molar refractivity (Wildman–Crippen MR) is 117 cm³/mol. The fourth-order valence-corrected chi connectivity index (χ4v) is 7.02. The molecule has 6 nitrogen and oxygen atoms in total. The van der Waals surface area contributed by atoms with Gasteiger partial charge in [0.25, 0.3) is 0 Å². The molecule has 0 amide bonds. The molecule has 5 rings (SSSR count). The Bertz CT molecular complexity index is 904. The number of hydrogen-bond donors (Lipinski definition) is 1. The SMILES string of the molecule is CC(=O)O[C@H]1[C@H]2CC(C)(C)[C@H](OCc3ccccc3)[C@@]2(O)[C@H]2CC3(C=C[C@@]12C)OCCO3. The summed E-state index contributed by atoms with van der Waals surface area (Å²) >= 11 is 0. The van der Waals surface area contributed by atoms with E-state index in [4.69, 9.17) is 18.9 Å². The van der Waals surface area contributed by atoms with Crippen LogP contribution in [0.4, 0.5) is 0 Å². The van der Waals surface area contributed by atoms with E-state index in [1.54, 1.807) is 0 Å². The average molecular weight is 443 g/mol. The molecule has 6 heteroatoms. The molecule has 174 valence electrons. The summed E-state index contributed by atoms with van der Waals surface area (Å²) in [5.41, 5.74) is -0.939.